The smallest absolute Gasteiger partial charge is 0.190 e. The molecule has 0 amide bonds. The average Bonchev–Trinajstić information content (AvgIpc) is 2.66. The topological polar surface area (TPSA) is 54.9 Å². The molecule has 0 atom stereocenters. The van der Waals surface area contributed by atoms with Crippen LogP contribution in [0.3, 0.4) is 0 Å². The van der Waals surface area contributed by atoms with E-state index in [4.69, 9.17) is 9.47 Å². The zero-order valence-corrected chi connectivity index (χ0v) is 15.2. The first-order valence-corrected chi connectivity index (χ1v) is 8.86. The molecule has 0 aromatic heterocycles. The van der Waals surface area contributed by atoms with Gasteiger partial charge >= 0.3 is 0 Å². The molecular weight excluding hydrogens is 352 g/mol. The second-order valence-electron chi connectivity index (χ2n) is 6.22. The van der Waals surface area contributed by atoms with Crippen molar-refractivity contribution in [3.63, 3.8) is 0 Å². The number of hydrogen-bond acceptors (Lipinski definition) is 3. The van der Waals surface area contributed by atoms with Crippen LogP contribution in [0.1, 0.15) is 16.7 Å². The number of guanidine groups is 1. The first-order chi connectivity index (χ1) is 13.2. The van der Waals surface area contributed by atoms with Crippen LogP contribution in [0.4, 0.5) is 8.78 Å². The fraction of sp³-hybridized carbons (Fsp3) is 0.350. The molecule has 0 aliphatic carbocycles. The maximum absolute atomic E-state index is 13.8. The maximum Gasteiger partial charge on any atom is 0.190 e. The Kier molecular flexibility index (Phi) is 6.59. The molecule has 0 bridgehead atoms. The minimum atomic E-state index is -0.296. The number of benzene rings is 2. The summed E-state index contributed by atoms with van der Waals surface area (Å²) in [7, 11) is 1.68. The quantitative estimate of drug-likeness (QED) is 0.602. The number of aliphatic imine (C=N–C) groups is 1. The van der Waals surface area contributed by atoms with E-state index in [0.29, 0.717) is 44.2 Å². The number of fused-ring (bicyclic) bond motifs is 1. The van der Waals surface area contributed by atoms with Gasteiger partial charge in [0.25, 0.3) is 0 Å². The van der Waals surface area contributed by atoms with Crippen molar-refractivity contribution in [1.29, 1.82) is 0 Å². The third kappa shape index (κ3) is 5.40. The van der Waals surface area contributed by atoms with Gasteiger partial charge < -0.3 is 20.1 Å². The minimum Gasteiger partial charge on any atom is -0.467 e. The van der Waals surface area contributed by atoms with Gasteiger partial charge in [-0.3, -0.25) is 4.99 Å². The van der Waals surface area contributed by atoms with E-state index >= 15 is 0 Å². The first kappa shape index (κ1) is 19.1. The van der Waals surface area contributed by atoms with Crippen LogP contribution in [0.2, 0.25) is 0 Å². The van der Waals surface area contributed by atoms with Crippen LogP contribution in [-0.2, 0) is 24.2 Å². The molecule has 0 saturated carbocycles. The lowest BCUT2D eigenvalue weighted by atomic mass is 10.1. The molecule has 3 rings (SSSR count). The van der Waals surface area contributed by atoms with Crippen molar-refractivity contribution >= 4 is 5.96 Å². The Morgan fingerprint density at radius 2 is 1.89 bits per heavy atom. The molecule has 2 aromatic rings. The van der Waals surface area contributed by atoms with Crippen molar-refractivity contribution in [2.45, 2.75) is 19.4 Å². The zero-order valence-electron chi connectivity index (χ0n) is 15.2. The highest BCUT2D eigenvalue weighted by atomic mass is 19.1. The number of nitrogens with zero attached hydrogens (tertiary/aromatic N) is 1. The van der Waals surface area contributed by atoms with E-state index in [9.17, 15) is 8.78 Å². The van der Waals surface area contributed by atoms with E-state index < -0.39 is 0 Å². The summed E-state index contributed by atoms with van der Waals surface area (Å²) < 4.78 is 37.7. The molecule has 7 heteroatoms. The van der Waals surface area contributed by atoms with Gasteiger partial charge in [-0.05, 0) is 48.2 Å². The Hall–Kier alpha value is -2.67. The van der Waals surface area contributed by atoms with Crippen LogP contribution in [0, 0.1) is 11.6 Å². The van der Waals surface area contributed by atoms with Crippen molar-refractivity contribution in [1.82, 2.24) is 10.6 Å². The predicted molar refractivity (Wildman–Crippen MR) is 99.9 cm³/mol. The number of nitrogens with one attached hydrogen (secondary N) is 2. The van der Waals surface area contributed by atoms with Gasteiger partial charge in [0.15, 0.2) is 12.8 Å². The molecule has 1 aliphatic heterocycles. The molecule has 1 heterocycles. The van der Waals surface area contributed by atoms with Crippen molar-refractivity contribution in [3.05, 3.63) is 64.7 Å². The monoisotopic (exact) mass is 375 g/mol. The van der Waals surface area contributed by atoms with E-state index in [1.807, 2.05) is 6.07 Å². The average molecular weight is 375 g/mol. The standard InChI is InChI=1S/C20H23F2N3O2/c1-23-20(24-7-5-14-3-2-4-17(21)9-14)25-8-6-15-10-18(22)11-16-12-26-13-27-19(15)16/h2-4,9-11H,5-8,12-13H2,1H3,(H2,23,24,25). The van der Waals surface area contributed by atoms with E-state index in [-0.39, 0.29) is 18.4 Å². The van der Waals surface area contributed by atoms with E-state index in [1.165, 1.54) is 24.3 Å². The fourth-order valence-electron chi connectivity index (χ4n) is 3.00. The van der Waals surface area contributed by atoms with Crippen molar-refractivity contribution in [3.8, 4) is 5.75 Å². The van der Waals surface area contributed by atoms with Crippen LogP contribution < -0.4 is 15.4 Å². The Balaban J connectivity index is 1.48. The Bertz CT molecular complexity index is 812. The largest absolute Gasteiger partial charge is 0.467 e. The van der Waals surface area contributed by atoms with Crippen LogP contribution in [0.5, 0.6) is 5.75 Å². The van der Waals surface area contributed by atoms with Crippen molar-refractivity contribution in [2.75, 3.05) is 26.9 Å². The van der Waals surface area contributed by atoms with Gasteiger partial charge in [-0.15, -0.1) is 0 Å². The zero-order chi connectivity index (χ0) is 19.1. The van der Waals surface area contributed by atoms with Gasteiger partial charge in [-0.1, -0.05) is 12.1 Å². The van der Waals surface area contributed by atoms with Crippen LogP contribution >= 0.6 is 0 Å². The van der Waals surface area contributed by atoms with Crippen LogP contribution in [0.15, 0.2) is 41.4 Å². The minimum absolute atomic E-state index is 0.183. The summed E-state index contributed by atoms with van der Waals surface area (Å²) in [6, 6.07) is 9.47. The third-order valence-electron chi connectivity index (χ3n) is 4.26. The summed E-state index contributed by atoms with van der Waals surface area (Å²) in [5.41, 5.74) is 2.45. The highest BCUT2D eigenvalue weighted by Gasteiger charge is 2.16. The summed E-state index contributed by atoms with van der Waals surface area (Å²) in [5.74, 6) is 0.816. The van der Waals surface area contributed by atoms with E-state index in [0.717, 1.165) is 16.7 Å². The number of rotatable bonds is 6. The van der Waals surface area contributed by atoms with Gasteiger partial charge in [0.2, 0.25) is 0 Å². The number of ether oxygens (including phenoxy) is 2. The normalized spacial score (nSPS) is 13.7. The summed E-state index contributed by atoms with van der Waals surface area (Å²) in [4.78, 5) is 4.17. The Morgan fingerprint density at radius 3 is 2.67 bits per heavy atom. The SMILES string of the molecule is CN=C(NCCc1cccc(F)c1)NCCc1cc(F)cc2c1OCOC2. The molecule has 0 unspecified atom stereocenters. The molecule has 0 radical (unpaired) electrons. The highest BCUT2D eigenvalue weighted by Crippen LogP contribution is 2.29. The number of halogens is 2. The van der Waals surface area contributed by atoms with E-state index in [2.05, 4.69) is 15.6 Å². The molecule has 0 saturated heterocycles. The molecule has 0 fully saturated rings. The molecule has 5 nitrogen and oxygen atoms in total. The third-order valence-corrected chi connectivity index (χ3v) is 4.26. The molecule has 144 valence electrons. The van der Waals surface area contributed by atoms with Gasteiger partial charge in [0, 0.05) is 25.7 Å². The lowest BCUT2D eigenvalue weighted by Crippen LogP contribution is -2.39. The summed E-state index contributed by atoms with van der Waals surface area (Å²) in [6.45, 7) is 1.73. The van der Waals surface area contributed by atoms with Crippen molar-refractivity contribution < 1.29 is 18.3 Å². The summed E-state index contributed by atoms with van der Waals surface area (Å²) in [6.07, 6.45) is 1.27. The first-order valence-electron chi connectivity index (χ1n) is 8.86. The molecule has 2 N–H and O–H groups in total. The van der Waals surface area contributed by atoms with Crippen molar-refractivity contribution in [2.24, 2.45) is 4.99 Å². The molecule has 2 aromatic carbocycles. The van der Waals surface area contributed by atoms with Gasteiger partial charge in [-0.25, -0.2) is 8.78 Å². The number of hydrogen-bond donors (Lipinski definition) is 2. The van der Waals surface area contributed by atoms with E-state index in [1.54, 1.807) is 13.1 Å². The Labute approximate surface area is 157 Å². The predicted octanol–water partition coefficient (Wildman–Crippen LogP) is 2.78. The fourth-order valence-corrected chi connectivity index (χ4v) is 3.00. The van der Waals surface area contributed by atoms with Crippen LogP contribution in [-0.4, -0.2) is 32.9 Å². The summed E-state index contributed by atoms with van der Waals surface area (Å²) in [5, 5.41) is 6.39. The molecule has 0 spiro atoms. The second kappa shape index (κ2) is 9.32. The summed E-state index contributed by atoms with van der Waals surface area (Å²) >= 11 is 0. The lowest BCUT2D eigenvalue weighted by molar-refractivity contribution is -0.0172. The maximum atomic E-state index is 13.8. The molecule has 1 aliphatic rings. The second-order valence-corrected chi connectivity index (χ2v) is 6.22. The Morgan fingerprint density at radius 1 is 1.07 bits per heavy atom. The lowest BCUT2D eigenvalue weighted by Gasteiger charge is -2.21. The van der Waals surface area contributed by atoms with Gasteiger partial charge in [-0.2, -0.15) is 0 Å². The van der Waals surface area contributed by atoms with Crippen LogP contribution in [0.25, 0.3) is 0 Å². The van der Waals surface area contributed by atoms with Gasteiger partial charge in [0.05, 0.1) is 6.61 Å². The molecule has 27 heavy (non-hydrogen) atoms. The van der Waals surface area contributed by atoms with Gasteiger partial charge in [0.1, 0.15) is 17.4 Å². The molecular formula is C20H23F2N3O2. The highest BCUT2D eigenvalue weighted by molar-refractivity contribution is 5.79.